The lowest BCUT2D eigenvalue weighted by atomic mass is 10.0. The molecule has 0 atom stereocenters. The molecule has 1 fully saturated rings. The molecule has 0 aliphatic carbocycles. The molecule has 2 amide bonds. The van der Waals surface area contributed by atoms with Gasteiger partial charge >= 0.3 is 0 Å². The highest BCUT2D eigenvalue weighted by atomic mass is 16.5. The van der Waals surface area contributed by atoms with Gasteiger partial charge in [-0.2, -0.15) is 0 Å². The van der Waals surface area contributed by atoms with E-state index in [2.05, 4.69) is 5.32 Å². The highest BCUT2D eigenvalue weighted by Gasteiger charge is 2.20. The summed E-state index contributed by atoms with van der Waals surface area (Å²) in [4.78, 5) is 27.7. The second kappa shape index (κ2) is 9.73. The van der Waals surface area contributed by atoms with Gasteiger partial charge in [0.05, 0.1) is 18.4 Å². The highest BCUT2D eigenvalue weighted by molar-refractivity contribution is 6.09. The average molecular weight is 433 g/mol. The zero-order valence-corrected chi connectivity index (χ0v) is 18.5. The SMILES string of the molecule is COc1ccc(C)cc1NC(=O)c1cc2ccccc2cc1OCC(=O)N1CCCCC1. The van der Waals surface area contributed by atoms with Crippen molar-refractivity contribution in [3.8, 4) is 11.5 Å². The average Bonchev–Trinajstić information content (AvgIpc) is 2.82. The normalized spacial score (nSPS) is 13.6. The second-order valence-electron chi connectivity index (χ2n) is 8.08. The predicted octanol–water partition coefficient (Wildman–Crippen LogP) is 4.80. The van der Waals surface area contributed by atoms with Gasteiger partial charge in [0.1, 0.15) is 11.5 Å². The van der Waals surface area contributed by atoms with Crippen molar-refractivity contribution in [1.82, 2.24) is 4.90 Å². The van der Waals surface area contributed by atoms with Crippen molar-refractivity contribution >= 4 is 28.3 Å². The Balaban J connectivity index is 1.61. The number of hydrogen-bond acceptors (Lipinski definition) is 4. The van der Waals surface area contributed by atoms with Gasteiger partial charge in [0.15, 0.2) is 6.61 Å². The molecule has 6 heteroatoms. The number of fused-ring (bicyclic) bond motifs is 1. The lowest BCUT2D eigenvalue weighted by molar-refractivity contribution is -0.134. The zero-order valence-electron chi connectivity index (χ0n) is 18.5. The molecule has 1 N–H and O–H groups in total. The minimum Gasteiger partial charge on any atom is -0.495 e. The first-order chi connectivity index (χ1) is 15.5. The van der Waals surface area contributed by atoms with Crippen molar-refractivity contribution < 1.29 is 19.1 Å². The molecule has 32 heavy (non-hydrogen) atoms. The van der Waals surface area contributed by atoms with E-state index in [-0.39, 0.29) is 18.4 Å². The maximum Gasteiger partial charge on any atom is 0.260 e. The molecule has 166 valence electrons. The summed E-state index contributed by atoms with van der Waals surface area (Å²) in [6, 6.07) is 17.0. The summed E-state index contributed by atoms with van der Waals surface area (Å²) in [6.07, 6.45) is 3.20. The Labute approximate surface area is 188 Å². The predicted molar refractivity (Wildman–Crippen MR) is 126 cm³/mol. The molecule has 0 spiro atoms. The molecule has 3 aromatic rings. The summed E-state index contributed by atoms with van der Waals surface area (Å²) in [7, 11) is 1.57. The molecule has 1 heterocycles. The first kappa shape index (κ1) is 21.7. The van der Waals surface area contributed by atoms with Crippen LogP contribution in [0.4, 0.5) is 5.69 Å². The number of nitrogens with one attached hydrogen (secondary N) is 1. The number of hydrogen-bond donors (Lipinski definition) is 1. The Hall–Kier alpha value is -3.54. The molecule has 1 aliphatic rings. The third-order valence-electron chi connectivity index (χ3n) is 5.76. The zero-order chi connectivity index (χ0) is 22.5. The van der Waals surface area contributed by atoms with Gasteiger partial charge in [-0.25, -0.2) is 0 Å². The number of carbonyl (C=O) groups excluding carboxylic acids is 2. The number of nitrogens with zero attached hydrogens (tertiary/aromatic N) is 1. The summed E-state index contributed by atoms with van der Waals surface area (Å²) >= 11 is 0. The van der Waals surface area contributed by atoms with E-state index in [1.807, 2.05) is 60.4 Å². The van der Waals surface area contributed by atoms with E-state index in [1.54, 1.807) is 13.2 Å². The molecule has 0 unspecified atom stereocenters. The molecule has 0 saturated carbocycles. The van der Waals surface area contributed by atoms with Crippen LogP contribution in [0.3, 0.4) is 0 Å². The van der Waals surface area contributed by atoms with Crippen molar-refractivity contribution in [3.05, 3.63) is 65.7 Å². The second-order valence-corrected chi connectivity index (χ2v) is 8.08. The van der Waals surface area contributed by atoms with Crippen LogP contribution in [-0.2, 0) is 4.79 Å². The van der Waals surface area contributed by atoms with Crippen molar-refractivity contribution in [2.45, 2.75) is 26.2 Å². The molecule has 3 aromatic carbocycles. The topological polar surface area (TPSA) is 67.9 Å². The van der Waals surface area contributed by atoms with E-state index < -0.39 is 0 Å². The van der Waals surface area contributed by atoms with Gasteiger partial charge in [0.2, 0.25) is 0 Å². The van der Waals surface area contributed by atoms with Crippen LogP contribution < -0.4 is 14.8 Å². The number of rotatable bonds is 6. The minimum atomic E-state index is -0.319. The maximum absolute atomic E-state index is 13.3. The van der Waals surface area contributed by atoms with Crippen LogP contribution in [-0.4, -0.2) is 43.5 Å². The van der Waals surface area contributed by atoms with E-state index in [4.69, 9.17) is 9.47 Å². The van der Waals surface area contributed by atoms with Crippen LogP contribution in [0, 0.1) is 6.92 Å². The highest BCUT2D eigenvalue weighted by Crippen LogP contribution is 2.30. The molecular formula is C26H28N2O4. The van der Waals surface area contributed by atoms with Crippen molar-refractivity contribution in [2.75, 3.05) is 32.1 Å². The third-order valence-corrected chi connectivity index (χ3v) is 5.76. The molecule has 0 radical (unpaired) electrons. The van der Waals surface area contributed by atoms with Crippen molar-refractivity contribution in [3.63, 3.8) is 0 Å². The fraction of sp³-hybridized carbons (Fsp3) is 0.308. The standard InChI is InChI=1S/C26H28N2O4/c1-18-10-11-23(31-2)22(14-18)27-26(30)21-15-19-8-4-5-9-20(19)16-24(21)32-17-25(29)28-12-6-3-7-13-28/h4-5,8-11,14-16H,3,6-7,12-13,17H2,1-2H3,(H,27,30). The number of amides is 2. The van der Waals surface area contributed by atoms with Gasteiger partial charge in [-0.1, -0.05) is 30.3 Å². The maximum atomic E-state index is 13.3. The van der Waals surface area contributed by atoms with Gasteiger partial charge in [-0.3, -0.25) is 9.59 Å². The van der Waals surface area contributed by atoms with E-state index in [1.165, 1.54) is 0 Å². The summed E-state index contributed by atoms with van der Waals surface area (Å²) in [5.74, 6) is 0.593. The monoisotopic (exact) mass is 432 g/mol. The lowest BCUT2D eigenvalue weighted by Crippen LogP contribution is -2.38. The molecule has 1 saturated heterocycles. The molecule has 4 rings (SSSR count). The Bertz CT molecular complexity index is 1140. The molecule has 0 bridgehead atoms. The first-order valence-corrected chi connectivity index (χ1v) is 10.9. The number of likely N-dealkylation sites (tertiary alicyclic amines) is 1. The van der Waals surface area contributed by atoms with Crippen molar-refractivity contribution in [2.24, 2.45) is 0 Å². The van der Waals surface area contributed by atoms with Crippen LogP contribution >= 0.6 is 0 Å². The number of aryl methyl sites for hydroxylation is 1. The summed E-state index contributed by atoms with van der Waals surface area (Å²) in [5, 5.41) is 4.80. The van der Waals surface area contributed by atoms with Gasteiger partial charge in [-0.05, 0) is 66.8 Å². The smallest absolute Gasteiger partial charge is 0.260 e. The number of benzene rings is 3. The van der Waals surface area contributed by atoms with Crippen LogP contribution in [0.2, 0.25) is 0 Å². The Morgan fingerprint density at radius 2 is 1.66 bits per heavy atom. The van der Waals surface area contributed by atoms with Gasteiger partial charge in [0.25, 0.3) is 11.8 Å². The molecule has 0 aromatic heterocycles. The quantitative estimate of drug-likeness (QED) is 0.608. The minimum absolute atomic E-state index is 0.0513. The molecule has 1 aliphatic heterocycles. The summed E-state index contributed by atoms with van der Waals surface area (Å²) < 4.78 is 11.3. The largest absolute Gasteiger partial charge is 0.495 e. The van der Waals surface area contributed by atoms with Crippen LogP contribution in [0.25, 0.3) is 10.8 Å². The number of ether oxygens (including phenoxy) is 2. The Morgan fingerprint density at radius 1 is 0.938 bits per heavy atom. The number of anilines is 1. The number of piperidine rings is 1. The van der Waals surface area contributed by atoms with Crippen molar-refractivity contribution in [1.29, 1.82) is 0 Å². The molecule has 6 nitrogen and oxygen atoms in total. The van der Waals surface area contributed by atoms with Gasteiger partial charge in [-0.15, -0.1) is 0 Å². The van der Waals surface area contributed by atoms with E-state index in [9.17, 15) is 9.59 Å². The number of methoxy groups -OCH3 is 1. The Morgan fingerprint density at radius 3 is 2.38 bits per heavy atom. The molecular weight excluding hydrogens is 404 g/mol. The summed E-state index contributed by atoms with van der Waals surface area (Å²) in [6.45, 7) is 3.39. The third kappa shape index (κ3) is 4.85. The number of carbonyl (C=O) groups is 2. The first-order valence-electron chi connectivity index (χ1n) is 10.9. The van der Waals surface area contributed by atoms with Crippen LogP contribution in [0.1, 0.15) is 35.2 Å². The lowest BCUT2D eigenvalue weighted by Gasteiger charge is -2.26. The van der Waals surface area contributed by atoms with Gasteiger partial charge in [0, 0.05) is 13.1 Å². The van der Waals surface area contributed by atoms with Crippen LogP contribution in [0.5, 0.6) is 11.5 Å². The van der Waals surface area contributed by atoms with Crippen LogP contribution in [0.15, 0.2) is 54.6 Å². The fourth-order valence-corrected chi connectivity index (χ4v) is 4.00. The fourth-order valence-electron chi connectivity index (χ4n) is 4.00. The van der Waals surface area contributed by atoms with Gasteiger partial charge < -0.3 is 19.7 Å². The summed E-state index contributed by atoms with van der Waals surface area (Å²) in [5.41, 5.74) is 1.96. The van der Waals surface area contributed by atoms with E-state index >= 15 is 0 Å². The van der Waals surface area contributed by atoms with E-state index in [0.29, 0.717) is 22.7 Å². The van der Waals surface area contributed by atoms with E-state index in [0.717, 1.165) is 48.7 Å². The Kier molecular flexibility index (Phi) is 6.59.